The smallest absolute Gasteiger partial charge is 0.279 e. The molecule has 124 valence electrons. The van der Waals surface area contributed by atoms with Crippen LogP contribution in [0.15, 0.2) is 54.6 Å². The molecule has 0 unspecified atom stereocenters. The molecule has 1 atom stereocenters. The minimum absolute atomic E-state index is 0.108. The molecular weight excluding hydrogens is 315 g/mol. The van der Waals surface area contributed by atoms with Crippen molar-refractivity contribution in [3.63, 3.8) is 0 Å². The normalized spacial score (nSPS) is 12.1. The Labute approximate surface area is 137 Å². The molecule has 2 N–H and O–H groups in total. The van der Waals surface area contributed by atoms with E-state index in [1.165, 1.54) is 12.1 Å². The van der Waals surface area contributed by atoms with Gasteiger partial charge in [-0.05, 0) is 23.8 Å². The van der Waals surface area contributed by atoms with Crippen molar-refractivity contribution in [2.45, 2.75) is 6.04 Å². The molecule has 0 fully saturated rings. The van der Waals surface area contributed by atoms with E-state index < -0.39 is 28.4 Å². The van der Waals surface area contributed by atoms with Crippen LogP contribution in [0.1, 0.15) is 17.2 Å². The van der Waals surface area contributed by atoms with E-state index in [0.29, 0.717) is 0 Å². The molecule has 0 heterocycles. The molecule has 2 aromatic carbocycles. The molecule has 7 heteroatoms. The average Bonchev–Trinajstić information content (AvgIpc) is 2.59. The van der Waals surface area contributed by atoms with Gasteiger partial charge < -0.3 is 10.4 Å². The highest BCUT2D eigenvalue weighted by Crippen LogP contribution is 2.21. The van der Waals surface area contributed by atoms with Crippen molar-refractivity contribution in [2.75, 3.05) is 6.61 Å². The Morgan fingerprint density at radius 2 is 2.00 bits per heavy atom. The Bertz CT molecular complexity index is 762. The quantitative estimate of drug-likeness (QED) is 0.484. The number of halogens is 1. The second-order valence-electron chi connectivity index (χ2n) is 4.95. The third-order valence-electron chi connectivity index (χ3n) is 3.30. The highest BCUT2D eigenvalue weighted by atomic mass is 19.1. The van der Waals surface area contributed by atoms with Gasteiger partial charge in [-0.3, -0.25) is 14.9 Å². The molecule has 0 saturated carbocycles. The van der Waals surface area contributed by atoms with Gasteiger partial charge in [0.05, 0.1) is 29.2 Å². The second kappa shape index (κ2) is 7.98. The van der Waals surface area contributed by atoms with Crippen LogP contribution in [0.4, 0.5) is 10.1 Å². The zero-order valence-corrected chi connectivity index (χ0v) is 12.6. The number of nitrogens with one attached hydrogen (secondary N) is 1. The third-order valence-corrected chi connectivity index (χ3v) is 3.30. The number of amides is 1. The molecule has 2 aromatic rings. The minimum Gasteiger partial charge on any atom is -0.394 e. The Morgan fingerprint density at radius 1 is 1.29 bits per heavy atom. The van der Waals surface area contributed by atoms with Gasteiger partial charge in [0.25, 0.3) is 5.69 Å². The standard InChI is InChI=1S/C17H15FN2O4/c18-14-8-6-13(16(10-14)20(23)24)7-9-17(22)19-15(11-21)12-4-2-1-3-5-12/h1-10,15,21H,11H2,(H,19,22)/b9-7+/t15-/m1/s1. The van der Waals surface area contributed by atoms with E-state index in [9.17, 15) is 24.4 Å². The van der Waals surface area contributed by atoms with Gasteiger partial charge in [-0.2, -0.15) is 0 Å². The van der Waals surface area contributed by atoms with Gasteiger partial charge >= 0.3 is 0 Å². The van der Waals surface area contributed by atoms with E-state index in [4.69, 9.17) is 0 Å². The maximum atomic E-state index is 13.1. The van der Waals surface area contributed by atoms with Crippen molar-refractivity contribution in [3.8, 4) is 0 Å². The van der Waals surface area contributed by atoms with Crippen molar-refractivity contribution in [2.24, 2.45) is 0 Å². The average molecular weight is 330 g/mol. The fraction of sp³-hybridized carbons (Fsp3) is 0.118. The molecular formula is C17H15FN2O4. The molecule has 6 nitrogen and oxygen atoms in total. The number of aliphatic hydroxyl groups excluding tert-OH is 1. The summed E-state index contributed by atoms with van der Waals surface area (Å²) in [6, 6.07) is 11.4. The lowest BCUT2D eigenvalue weighted by Crippen LogP contribution is -2.29. The van der Waals surface area contributed by atoms with E-state index in [1.807, 2.05) is 6.07 Å². The number of carbonyl (C=O) groups is 1. The Hall–Kier alpha value is -3.06. The van der Waals surface area contributed by atoms with Crippen LogP contribution in [0.5, 0.6) is 0 Å². The number of rotatable bonds is 6. The molecule has 0 aliphatic carbocycles. The molecule has 24 heavy (non-hydrogen) atoms. The third kappa shape index (κ3) is 4.47. The summed E-state index contributed by atoms with van der Waals surface area (Å²) in [5.74, 6) is -1.26. The molecule has 0 bridgehead atoms. The number of nitrogens with zero attached hydrogens (tertiary/aromatic N) is 1. The maximum absolute atomic E-state index is 13.1. The predicted molar refractivity (Wildman–Crippen MR) is 86.5 cm³/mol. The number of nitro benzene ring substituents is 1. The number of nitro groups is 1. The van der Waals surface area contributed by atoms with Crippen LogP contribution >= 0.6 is 0 Å². The summed E-state index contributed by atoms with van der Waals surface area (Å²) in [4.78, 5) is 22.1. The van der Waals surface area contributed by atoms with E-state index in [2.05, 4.69) is 5.32 Å². The van der Waals surface area contributed by atoms with Crippen LogP contribution in [0.2, 0.25) is 0 Å². The predicted octanol–water partition coefficient (Wildman–Crippen LogP) is 2.60. The monoisotopic (exact) mass is 330 g/mol. The zero-order chi connectivity index (χ0) is 17.5. The molecule has 0 radical (unpaired) electrons. The fourth-order valence-corrected chi connectivity index (χ4v) is 2.12. The second-order valence-corrected chi connectivity index (χ2v) is 4.95. The lowest BCUT2D eigenvalue weighted by atomic mass is 10.1. The number of hydrogen-bond donors (Lipinski definition) is 2. The summed E-state index contributed by atoms with van der Waals surface area (Å²) in [7, 11) is 0. The van der Waals surface area contributed by atoms with Crippen LogP contribution in [0, 0.1) is 15.9 Å². The summed E-state index contributed by atoms with van der Waals surface area (Å²) in [5, 5.41) is 22.9. The van der Waals surface area contributed by atoms with Crippen molar-refractivity contribution in [1.29, 1.82) is 0 Å². The Balaban J connectivity index is 2.12. The fourth-order valence-electron chi connectivity index (χ4n) is 2.12. The summed E-state index contributed by atoms with van der Waals surface area (Å²) in [5.41, 5.74) is 0.409. The number of benzene rings is 2. The Kier molecular flexibility index (Phi) is 5.75. The summed E-state index contributed by atoms with van der Waals surface area (Å²) >= 11 is 0. The van der Waals surface area contributed by atoms with Crippen molar-refractivity contribution in [3.05, 3.63) is 81.7 Å². The van der Waals surface area contributed by atoms with Gasteiger partial charge in [0.2, 0.25) is 5.91 Å². The van der Waals surface area contributed by atoms with E-state index in [1.54, 1.807) is 24.3 Å². The zero-order valence-electron chi connectivity index (χ0n) is 12.6. The van der Waals surface area contributed by atoms with Crippen LogP contribution in [0.25, 0.3) is 6.08 Å². The van der Waals surface area contributed by atoms with Gasteiger partial charge in [0.1, 0.15) is 5.82 Å². The van der Waals surface area contributed by atoms with Crippen LogP contribution < -0.4 is 5.32 Å². The first-order valence-corrected chi connectivity index (χ1v) is 7.09. The lowest BCUT2D eigenvalue weighted by Gasteiger charge is -2.15. The first kappa shape index (κ1) is 17.3. The number of carbonyl (C=O) groups excluding carboxylic acids is 1. The highest BCUT2D eigenvalue weighted by molar-refractivity contribution is 5.92. The number of hydrogen-bond acceptors (Lipinski definition) is 4. The van der Waals surface area contributed by atoms with Gasteiger partial charge in [0, 0.05) is 6.08 Å². The van der Waals surface area contributed by atoms with Crippen molar-refractivity contribution in [1.82, 2.24) is 5.32 Å². The molecule has 0 aliphatic heterocycles. The molecule has 0 spiro atoms. The van der Waals surface area contributed by atoms with E-state index in [-0.39, 0.29) is 12.2 Å². The molecule has 2 rings (SSSR count). The molecule has 0 saturated heterocycles. The SMILES string of the molecule is O=C(/C=C/c1ccc(F)cc1[N+](=O)[O-])N[C@H](CO)c1ccccc1. The van der Waals surface area contributed by atoms with Gasteiger partial charge in [0.15, 0.2) is 0 Å². The first-order chi connectivity index (χ1) is 11.5. The topological polar surface area (TPSA) is 92.5 Å². The van der Waals surface area contributed by atoms with Crippen LogP contribution in [0.3, 0.4) is 0 Å². The van der Waals surface area contributed by atoms with E-state index in [0.717, 1.165) is 23.8 Å². The summed E-state index contributed by atoms with van der Waals surface area (Å²) < 4.78 is 13.1. The van der Waals surface area contributed by atoms with Gasteiger partial charge in [-0.25, -0.2) is 4.39 Å². The van der Waals surface area contributed by atoms with Gasteiger partial charge in [-0.1, -0.05) is 30.3 Å². The molecule has 0 aromatic heterocycles. The minimum atomic E-state index is -0.729. The van der Waals surface area contributed by atoms with Crippen LogP contribution in [-0.4, -0.2) is 22.5 Å². The van der Waals surface area contributed by atoms with E-state index >= 15 is 0 Å². The largest absolute Gasteiger partial charge is 0.394 e. The first-order valence-electron chi connectivity index (χ1n) is 7.09. The highest BCUT2D eigenvalue weighted by Gasteiger charge is 2.14. The Morgan fingerprint density at radius 3 is 2.62 bits per heavy atom. The summed E-state index contributed by atoms with van der Waals surface area (Å²) in [6.45, 7) is -0.291. The lowest BCUT2D eigenvalue weighted by molar-refractivity contribution is -0.385. The summed E-state index contributed by atoms with van der Waals surface area (Å²) in [6.07, 6.45) is 2.33. The molecule has 1 amide bonds. The molecule has 0 aliphatic rings. The number of aliphatic hydroxyl groups is 1. The van der Waals surface area contributed by atoms with Gasteiger partial charge in [-0.15, -0.1) is 0 Å². The van der Waals surface area contributed by atoms with Crippen LogP contribution in [-0.2, 0) is 4.79 Å². The van der Waals surface area contributed by atoms with Crippen molar-refractivity contribution < 1.29 is 19.2 Å². The van der Waals surface area contributed by atoms with Crippen molar-refractivity contribution >= 4 is 17.7 Å². The maximum Gasteiger partial charge on any atom is 0.279 e.